The van der Waals surface area contributed by atoms with Gasteiger partial charge in [-0.25, -0.2) is 0 Å². The molecule has 4 unspecified atom stereocenters. The predicted octanol–water partition coefficient (Wildman–Crippen LogP) is 4.76. The Morgan fingerprint density at radius 1 is 0.944 bits per heavy atom. The van der Waals surface area contributed by atoms with Crippen LogP contribution in [0.2, 0.25) is 0 Å². The molecule has 0 bridgehead atoms. The summed E-state index contributed by atoms with van der Waals surface area (Å²) in [5.41, 5.74) is 0. The summed E-state index contributed by atoms with van der Waals surface area (Å²) in [6.07, 6.45) is 14.7. The van der Waals surface area contributed by atoms with E-state index in [-0.39, 0.29) is 0 Å². The van der Waals surface area contributed by atoms with Crippen LogP contribution in [0.3, 0.4) is 0 Å². The van der Waals surface area contributed by atoms with Crippen LogP contribution in [-0.4, -0.2) is 12.6 Å². The lowest BCUT2D eigenvalue weighted by atomic mass is 9.66. The van der Waals surface area contributed by atoms with E-state index in [0.717, 1.165) is 23.8 Å². The minimum absolute atomic E-state index is 0.836. The van der Waals surface area contributed by atoms with Crippen molar-refractivity contribution in [3.05, 3.63) is 0 Å². The molecular formula is C17H33N. The topological polar surface area (TPSA) is 12.0 Å². The van der Waals surface area contributed by atoms with Crippen LogP contribution in [0.15, 0.2) is 0 Å². The van der Waals surface area contributed by atoms with Crippen molar-refractivity contribution < 1.29 is 0 Å². The molecule has 0 aromatic rings. The predicted molar refractivity (Wildman–Crippen MR) is 79.8 cm³/mol. The summed E-state index contributed by atoms with van der Waals surface area (Å²) < 4.78 is 0. The quantitative estimate of drug-likeness (QED) is 0.743. The molecule has 0 saturated heterocycles. The maximum absolute atomic E-state index is 3.77. The zero-order valence-electron chi connectivity index (χ0n) is 12.6. The van der Waals surface area contributed by atoms with Crippen LogP contribution in [0, 0.1) is 17.8 Å². The van der Waals surface area contributed by atoms with E-state index in [1.807, 2.05) is 0 Å². The highest BCUT2D eigenvalue weighted by molar-refractivity contribution is 4.86. The Balaban J connectivity index is 1.86. The molecule has 0 radical (unpaired) electrons. The smallest absolute Gasteiger partial charge is 0.00698 e. The monoisotopic (exact) mass is 251 g/mol. The lowest BCUT2D eigenvalue weighted by molar-refractivity contribution is 0.112. The third-order valence-electron chi connectivity index (χ3n) is 5.50. The van der Waals surface area contributed by atoms with Gasteiger partial charge in [0, 0.05) is 6.04 Å². The van der Waals surface area contributed by atoms with Crippen LogP contribution in [0.5, 0.6) is 0 Å². The van der Waals surface area contributed by atoms with Gasteiger partial charge in [0.05, 0.1) is 0 Å². The van der Waals surface area contributed by atoms with E-state index in [1.165, 1.54) is 70.8 Å². The molecule has 2 rings (SSSR count). The standard InChI is InChI=1S/C17H33N/c1-3-12-18-16-10-7-9-15(13-16)17-11-6-5-8-14(17)4-2/h14-18H,3-13H2,1-2H3. The van der Waals surface area contributed by atoms with E-state index in [1.54, 1.807) is 0 Å². The van der Waals surface area contributed by atoms with E-state index < -0.39 is 0 Å². The van der Waals surface area contributed by atoms with Gasteiger partial charge in [-0.3, -0.25) is 0 Å². The molecule has 0 aliphatic heterocycles. The number of rotatable bonds is 5. The molecule has 4 atom stereocenters. The summed E-state index contributed by atoms with van der Waals surface area (Å²) in [6, 6.07) is 0.836. The van der Waals surface area contributed by atoms with Gasteiger partial charge in [-0.15, -0.1) is 0 Å². The largest absolute Gasteiger partial charge is 0.314 e. The third-order valence-corrected chi connectivity index (χ3v) is 5.50. The minimum Gasteiger partial charge on any atom is -0.314 e. The second-order valence-corrected chi connectivity index (χ2v) is 6.69. The summed E-state index contributed by atoms with van der Waals surface area (Å²) in [4.78, 5) is 0. The molecule has 2 aliphatic rings. The molecular weight excluding hydrogens is 218 g/mol. The van der Waals surface area contributed by atoms with Crippen molar-refractivity contribution in [2.75, 3.05) is 6.54 Å². The SMILES string of the molecule is CCCNC1CCCC(C2CCCCC2CC)C1. The van der Waals surface area contributed by atoms with E-state index in [4.69, 9.17) is 0 Å². The molecule has 0 aromatic heterocycles. The Labute approximate surface area is 114 Å². The molecule has 106 valence electrons. The molecule has 0 aromatic carbocycles. The van der Waals surface area contributed by atoms with Gasteiger partial charge in [0.25, 0.3) is 0 Å². The van der Waals surface area contributed by atoms with Gasteiger partial charge in [0.15, 0.2) is 0 Å². The van der Waals surface area contributed by atoms with Crippen molar-refractivity contribution in [1.29, 1.82) is 0 Å². The molecule has 2 fully saturated rings. The highest BCUT2D eigenvalue weighted by Crippen LogP contribution is 2.42. The average Bonchev–Trinajstić information content (AvgIpc) is 2.45. The Hall–Kier alpha value is -0.0400. The van der Waals surface area contributed by atoms with Gasteiger partial charge in [-0.2, -0.15) is 0 Å². The number of nitrogens with one attached hydrogen (secondary N) is 1. The summed E-state index contributed by atoms with van der Waals surface area (Å²) in [5.74, 6) is 3.15. The average molecular weight is 251 g/mol. The maximum Gasteiger partial charge on any atom is 0.00698 e. The fourth-order valence-electron chi connectivity index (χ4n) is 4.51. The van der Waals surface area contributed by atoms with Crippen LogP contribution in [0.1, 0.15) is 78.1 Å². The van der Waals surface area contributed by atoms with Crippen LogP contribution in [0.4, 0.5) is 0 Å². The van der Waals surface area contributed by atoms with E-state index >= 15 is 0 Å². The molecule has 0 amide bonds. The van der Waals surface area contributed by atoms with E-state index in [9.17, 15) is 0 Å². The molecule has 1 N–H and O–H groups in total. The van der Waals surface area contributed by atoms with Gasteiger partial charge in [0.2, 0.25) is 0 Å². The highest BCUT2D eigenvalue weighted by Gasteiger charge is 2.33. The van der Waals surface area contributed by atoms with Crippen LogP contribution >= 0.6 is 0 Å². The molecule has 2 aliphatic carbocycles. The van der Waals surface area contributed by atoms with E-state index in [0.29, 0.717) is 0 Å². The van der Waals surface area contributed by atoms with Crippen molar-refractivity contribution in [2.45, 2.75) is 84.1 Å². The first kappa shape index (κ1) is 14.4. The lowest BCUT2D eigenvalue weighted by Gasteiger charge is -2.41. The minimum atomic E-state index is 0.836. The third kappa shape index (κ3) is 3.73. The first-order chi connectivity index (χ1) is 8.85. The van der Waals surface area contributed by atoms with Gasteiger partial charge in [-0.1, -0.05) is 52.4 Å². The second-order valence-electron chi connectivity index (χ2n) is 6.69. The fraction of sp³-hybridized carbons (Fsp3) is 1.00. The second kappa shape index (κ2) is 7.53. The molecule has 0 spiro atoms. The van der Waals surface area contributed by atoms with Crippen LogP contribution in [0.25, 0.3) is 0 Å². The Bertz CT molecular complexity index is 226. The molecule has 2 saturated carbocycles. The Morgan fingerprint density at radius 2 is 1.78 bits per heavy atom. The summed E-state index contributed by atoms with van der Waals surface area (Å²) in [6.45, 7) is 5.92. The lowest BCUT2D eigenvalue weighted by Crippen LogP contribution is -2.38. The van der Waals surface area contributed by atoms with Gasteiger partial charge in [-0.05, 0) is 50.0 Å². The van der Waals surface area contributed by atoms with Gasteiger partial charge in [0.1, 0.15) is 0 Å². The molecule has 18 heavy (non-hydrogen) atoms. The molecule has 1 nitrogen and oxygen atoms in total. The van der Waals surface area contributed by atoms with Crippen molar-refractivity contribution in [3.63, 3.8) is 0 Å². The Kier molecular flexibility index (Phi) is 6.01. The van der Waals surface area contributed by atoms with Gasteiger partial charge < -0.3 is 5.32 Å². The number of hydrogen-bond acceptors (Lipinski definition) is 1. The summed E-state index contributed by atoms with van der Waals surface area (Å²) in [7, 11) is 0. The van der Waals surface area contributed by atoms with Crippen molar-refractivity contribution >= 4 is 0 Å². The first-order valence-corrected chi connectivity index (χ1v) is 8.58. The van der Waals surface area contributed by atoms with Gasteiger partial charge >= 0.3 is 0 Å². The van der Waals surface area contributed by atoms with Crippen LogP contribution in [-0.2, 0) is 0 Å². The summed E-state index contributed by atoms with van der Waals surface area (Å²) in [5, 5.41) is 3.77. The van der Waals surface area contributed by atoms with Crippen molar-refractivity contribution in [3.8, 4) is 0 Å². The zero-order valence-corrected chi connectivity index (χ0v) is 12.6. The van der Waals surface area contributed by atoms with Crippen LogP contribution < -0.4 is 5.32 Å². The zero-order chi connectivity index (χ0) is 12.8. The fourth-order valence-corrected chi connectivity index (χ4v) is 4.51. The Morgan fingerprint density at radius 3 is 2.56 bits per heavy atom. The molecule has 0 heterocycles. The first-order valence-electron chi connectivity index (χ1n) is 8.58. The number of hydrogen-bond donors (Lipinski definition) is 1. The van der Waals surface area contributed by atoms with Crippen molar-refractivity contribution in [1.82, 2.24) is 5.32 Å². The maximum atomic E-state index is 3.77. The molecule has 1 heteroatoms. The highest BCUT2D eigenvalue weighted by atomic mass is 14.9. The summed E-state index contributed by atoms with van der Waals surface area (Å²) >= 11 is 0. The van der Waals surface area contributed by atoms with Crippen molar-refractivity contribution in [2.24, 2.45) is 17.8 Å². The normalized spacial score (nSPS) is 37.7. The van der Waals surface area contributed by atoms with E-state index in [2.05, 4.69) is 19.2 Å².